The summed E-state index contributed by atoms with van der Waals surface area (Å²) in [6.45, 7) is 1.06. The van der Waals surface area contributed by atoms with Crippen molar-refractivity contribution in [2.75, 3.05) is 43.1 Å². The third-order valence-corrected chi connectivity index (χ3v) is 12.4. The fraction of sp³-hybridized carbons (Fsp3) is 0.531. The van der Waals surface area contributed by atoms with Crippen molar-refractivity contribution >= 4 is 45.8 Å². The van der Waals surface area contributed by atoms with E-state index in [9.17, 15) is 27.2 Å². The van der Waals surface area contributed by atoms with Gasteiger partial charge in [0.15, 0.2) is 5.82 Å². The zero-order chi connectivity index (χ0) is 33.2. The van der Waals surface area contributed by atoms with Crippen molar-refractivity contribution in [3.05, 3.63) is 51.6 Å². The minimum Gasteiger partial charge on any atom is -0.461 e. The summed E-state index contributed by atoms with van der Waals surface area (Å²) in [5.74, 6) is -1.44. The van der Waals surface area contributed by atoms with E-state index in [-0.39, 0.29) is 52.5 Å². The molecule has 2 N–H and O–H groups in total. The van der Waals surface area contributed by atoms with Crippen molar-refractivity contribution in [2.45, 2.75) is 61.3 Å². The highest BCUT2D eigenvalue weighted by Gasteiger charge is 2.50. The Morgan fingerprint density at radius 3 is 2.77 bits per heavy atom. The van der Waals surface area contributed by atoms with Crippen LogP contribution in [-0.2, 0) is 6.18 Å². The molecule has 1 aromatic carbocycles. The normalized spacial score (nSPS) is 29.4. The molecule has 5 unspecified atom stereocenters. The summed E-state index contributed by atoms with van der Waals surface area (Å²) in [4.78, 5) is 12.7. The third-order valence-electron chi connectivity index (χ3n) is 10.0. The average molecular weight is 695 g/mol. The molecular formula is C32H32F6N6OS2. The first-order valence-electron chi connectivity index (χ1n) is 15.5. The number of aromatic nitrogens is 2. The molecule has 15 heteroatoms. The topological polar surface area (TPSA) is 91.3 Å². The van der Waals surface area contributed by atoms with Crippen LogP contribution in [-0.4, -0.2) is 76.1 Å². The lowest BCUT2D eigenvalue weighted by molar-refractivity contribution is -0.137. The summed E-state index contributed by atoms with van der Waals surface area (Å²) in [5.41, 5.74) is 2.58. The van der Waals surface area contributed by atoms with Crippen LogP contribution in [0.4, 0.5) is 32.2 Å². The molecule has 0 spiro atoms. The number of hydrogen-bond donors (Lipinski definition) is 1. The molecule has 47 heavy (non-hydrogen) atoms. The number of hydrogen-bond acceptors (Lipinski definition) is 9. The Labute approximate surface area is 276 Å². The molecular weight excluding hydrogens is 663 g/mol. The average Bonchev–Trinajstić information content (AvgIpc) is 3.69. The Hall–Kier alpha value is -3.09. The molecule has 3 saturated heterocycles. The van der Waals surface area contributed by atoms with E-state index in [1.807, 2.05) is 11.0 Å². The molecule has 5 heterocycles. The summed E-state index contributed by atoms with van der Waals surface area (Å²) < 4.78 is 97.1. The minimum atomic E-state index is -5.03. The van der Waals surface area contributed by atoms with Gasteiger partial charge in [-0.2, -0.15) is 40.2 Å². The van der Waals surface area contributed by atoms with Gasteiger partial charge in [-0.05, 0) is 55.7 Å². The molecule has 250 valence electrons. The van der Waals surface area contributed by atoms with Gasteiger partial charge in [0, 0.05) is 48.7 Å². The molecule has 0 amide bonds. The molecule has 7 rings (SSSR count). The van der Waals surface area contributed by atoms with Gasteiger partial charge in [-0.1, -0.05) is 17.8 Å². The molecule has 0 saturated carbocycles. The lowest BCUT2D eigenvalue weighted by Crippen LogP contribution is -2.43. The van der Waals surface area contributed by atoms with Gasteiger partial charge in [0.25, 0.3) is 0 Å². The maximum atomic E-state index is 17.0. The number of thioether (sulfide) groups is 2. The Bertz CT molecular complexity index is 1750. The van der Waals surface area contributed by atoms with Gasteiger partial charge in [-0.3, -0.25) is 4.90 Å². The lowest BCUT2D eigenvalue weighted by Gasteiger charge is -2.33. The molecule has 4 aliphatic heterocycles. The standard InChI is InChI=1S/C32H32F6N6OS2/c1-43(17-4-2-9-46-14-17)29-19-10-21(32(36,37)38)24(18-5-6-22(34)27-23(18)20(12-39)28(40)47-27)25(35)26(19)41-30(42-29)45-15-31-7-3-8-44(31)13-16(33)11-31/h5-6,10,16-17,23,27H,2-4,7-9,11,13-15,40H2,1H3. The van der Waals surface area contributed by atoms with Crippen LogP contribution in [0.3, 0.4) is 0 Å². The summed E-state index contributed by atoms with van der Waals surface area (Å²) in [6.07, 6.45) is -0.453. The maximum absolute atomic E-state index is 17.0. The maximum Gasteiger partial charge on any atom is 0.417 e. The Morgan fingerprint density at radius 2 is 2.04 bits per heavy atom. The van der Waals surface area contributed by atoms with E-state index in [0.717, 1.165) is 61.5 Å². The van der Waals surface area contributed by atoms with Crippen LogP contribution < -0.4 is 15.4 Å². The van der Waals surface area contributed by atoms with Gasteiger partial charge in [-0.25, -0.2) is 13.2 Å². The summed E-state index contributed by atoms with van der Waals surface area (Å²) in [5, 5.41) is 8.55. The number of nitrogens with two attached hydrogens (primary N) is 1. The number of halogens is 6. The highest BCUT2D eigenvalue weighted by atomic mass is 32.2. The summed E-state index contributed by atoms with van der Waals surface area (Å²) >= 11 is 2.54. The largest absolute Gasteiger partial charge is 0.461 e. The molecule has 5 atom stereocenters. The molecule has 7 nitrogen and oxygen atoms in total. The smallest absolute Gasteiger partial charge is 0.417 e. The van der Waals surface area contributed by atoms with E-state index < -0.39 is 57.3 Å². The van der Waals surface area contributed by atoms with Gasteiger partial charge in [0.1, 0.15) is 29.9 Å². The summed E-state index contributed by atoms with van der Waals surface area (Å²) in [6, 6.07) is 2.42. The molecule has 2 aromatic rings. The zero-order valence-corrected chi connectivity index (χ0v) is 27.1. The number of benzene rings is 1. The van der Waals surface area contributed by atoms with Gasteiger partial charge in [-0.15, -0.1) is 0 Å². The van der Waals surface area contributed by atoms with Crippen molar-refractivity contribution in [1.29, 1.82) is 5.26 Å². The van der Waals surface area contributed by atoms with Crippen LogP contribution in [0.25, 0.3) is 16.5 Å². The van der Waals surface area contributed by atoms with E-state index in [4.69, 9.17) is 10.5 Å². The molecule has 0 radical (unpaired) electrons. The summed E-state index contributed by atoms with van der Waals surface area (Å²) in [7, 11) is 1.72. The molecule has 5 aliphatic rings. The van der Waals surface area contributed by atoms with Gasteiger partial charge in [0.2, 0.25) is 0 Å². The number of ether oxygens (including phenoxy) is 1. The van der Waals surface area contributed by atoms with E-state index in [1.54, 1.807) is 23.7 Å². The van der Waals surface area contributed by atoms with Crippen LogP contribution in [0.5, 0.6) is 6.01 Å². The lowest BCUT2D eigenvalue weighted by atomic mass is 9.79. The van der Waals surface area contributed by atoms with E-state index in [1.165, 1.54) is 0 Å². The first kappa shape index (κ1) is 32.5. The number of nitriles is 1. The molecule has 0 bridgehead atoms. The van der Waals surface area contributed by atoms with Crippen molar-refractivity contribution in [3.63, 3.8) is 0 Å². The van der Waals surface area contributed by atoms with Crippen LogP contribution in [0.15, 0.2) is 34.6 Å². The van der Waals surface area contributed by atoms with E-state index in [0.29, 0.717) is 18.7 Å². The Morgan fingerprint density at radius 1 is 1.23 bits per heavy atom. The first-order valence-corrected chi connectivity index (χ1v) is 17.5. The highest BCUT2D eigenvalue weighted by Crippen LogP contribution is 2.54. The van der Waals surface area contributed by atoms with Crippen LogP contribution >= 0.6 is 23.5 Å². The monoisotopic (exact) mass is 694 g/mol. The number of nitrogens with zero attached hydrogens (tertiary/aromatic N) is 5. The predicted octanol–water partition coefficient (Wildman–Crippen LogP) is 6.75. The van der Waals surface area contributed by atoms with E-state index >= 15 is 4.39 Å². The second-order valence-electron chi connectivity index (χ2n) is 12.8. The van der Waals surface area contributed by atoms with Crippen molar-refractivity contribution in [1.82, 2.24) is 14.9 Å². The number of fused-ring (bicyclic) bond motifs is 3. The van der Waals surface area contributed by atoms with Crippen LogP contribution in [0.2, 0.25) is 0 Å². The van der Waals surface area contributed by atoms with Crippen molar-refractivity contribution in [3.8, 4) is 12.1 Å². The fourth-order valence-electron chi connectivity index (χ4n) is 7.72. The number of alkyl halides is 4. The third kappa shape index (κ3) is 5.53. The molecule has 1 aromatic heterocycles. The SMILES string of the molecule is CN(c1nc(OCC23CCCN2CC(F)C3)nc2c(F)c(C3=CC=C(F)C4SC(N)=C(C#N)C34)c(C(F)(F)F)cc12)C1CCCSC1. The Kier molecular flexibility index (Phi) is 8.36. The van der Waals surface area contributed by atoms with Gasteiger partial charge >= 0.3 is 12.2 Å². The number of anilines is 1. The highest BCUT2D eigenvalue weighted by molar-refractivity contribution is 8.04. The van der Waals surface area contributed by atoms with Crippen LogP contribution in [0, 0.1) is 23.1 Å². The minimum absolute atomic E-state index is 0.0244. The zero-order valence-electron chi connectivity index (χ0n) is 25.4. The van der Waals surface area contributed by atoms with Crippen molar-refractivity contribution < 1.29 is 31.1 Å². The Balaban J connectivity index is 1.41. The fourth-order valence-corrected chi connectivity index (χ4v) is 10.1. The van der Waals surface area contributed by atoms with Crippen LogP contribution in [0.1, 0.15) is 43.2 Å². The number of allylic oxidation sites excluding steroid dienone is 4. The number of rotatable bonds is 6. The van der Waals surface area contributed by atoms with Crippen molar-refractivity contribution in [2.24, 2.45) is 11.7 Å². The second kappa shape index (κ2) is 12.1. The van der Waals surface area contributed by atoms with Gasteiger partial charge in [0.05, 0.1) is 33.0 Å². The van der Waals surface area contributed by atoms with Gasteiger partial charge < -0.3 is 15.4 Å². The predicted molar refractivity (Wildman–Crippen MR) is 171 cm³/mol. The van der Waals surface area contributed by atoms with E-state index in [2.05, 4.69) is 9.97 Å². The molecule has 3 fully saturated rings. The quantitative estimate of drug-likeness (QED) is 0.330. The second-order valence-corrected chi connectivity index (χ2v) is 15.1. The first-order chi connectivity index (χ1) is 22.4. The molecule has 1 aliphatic carbocycles.